The smallest absolute Gasteiger partial charge is 0.329 e. The summed E-state index contributed by atoms with van der Waals surface area (Å²) in [5, 5.41) is 33.4. The molecule has 0 radical (unpaired) electrons. The Hall–Kier alpha value is -3.65. The number of likely N-dealkylation sites (tertiary alicyclic amines) is 1. The lowest BCUT2D eigenvalue weighted by atomic mass is 9.75. The van der Waals surface area contributed by atoms with E-state index in [0.717, 1.165) is 18.4 Å². The molecule has 2 aliphatic heterocycles. The Morgan fingerprint density at radius 2 is 1.56 bits per heavy atom. The molecule has 64 heavy (non-hydrogen) atoms. The van der Waals surface area contributed by atoms with Gasteiger partial charge in [-0.1, -0.05) is 73.1 Å². The van der Waals surface area contributed by atoms with E-state index < -0.39 is 65.6 Å². The molecule has 2 saturated heterocycles. The van der Waals surface area contributed by atoms with Crippen molar-refractivity contribution in [2.45, 2.75) is 183 Å². The normalized spacial score (nSPS) is 29.7. The number of aldehydes is 2. The number of ketones is 3. The first-order valence-electron chi connectivity index (χ1n) is 23.9. The first-order chi connectivity index (χ1) is 30.0. The zero-order valence-electron chi connectivity index (χ0n) is 40.2. The first kappa shape index (κ1) is 54.7. The van der Waals surface area contributed by atoms with Crippen LogP contribution in [-0.2, 0) is 43.0 Å². The third-order valence-electron chi connectivity index (χ3n) is 14.6. The summed E-state index contributed by atoms with van der Waals surface area (Å²) in [6, 6.07) is -1.13. The molecule has 13 nitrogen and oxygen atoms in total. The van der Waals surface area contributed by atoms with Gasteiger partial charge in [-0.25, -0.2) is 4.79 Å². The van der Waals surface area contributed by atoms with Crippen LogP contribution in [0, 0.1) is 53.3 Å². The number of esters is 1. The van der Waals surface area contributed by atoms with Crippen molar-refractivity contribution >= 4 is 41.8 Å². The minimum Gasteiger partial charge on any atom is -0.460 e. The molecule has 0 spiro atoms. The quantitative estimate of drug-likeness (QED) is 0.0316. The van der Waals surface area contributed by atoms with Crippen LogP contribution >= 0.6 is 0 Å². The molecule has 13 heteroatoms. The second kappa shape index (κ2) is 25.3. The second-order valence-electron chi connectivity index (χ2n) is 20.0. The van der Waals surface area contributed by atoms with Gasteiger partial charge in [0, 0.05) is 36.6 Å². The third-order valence-corrected chi connectivity index (χ3v) is 14.6. The lowest BCUT2D eigenvalue weighted by molar-refractivity contribution is -0.264. The lowest BCUT2D eigenvalue weighted by Gasteiger charge is -2.42. The van der Waals surface area contributed by atoms with Crippen molar-refractivity contribution in [2.24, 2.45) is 53.3 Å². The second-order valence-corrected chi connectivity index (χ2v) is 20.0. The zero-order chi connectivity index (χ0) is 48.1. The highest BCUT2D eigenvalue weighted by Gasteiger charge is 2.53. The topological polar surface area (TPSA) is 202 Å². The SMILES string of the molecule is C/C(=C\[C@@H](C)C(=O)CC(OC(=O)[C@@H]1CCCCN1C(=O)C(=O)[C@]1(O)O[C@H](C[C@H](C)/C(C)=C/C=O)CC[C@H]1C)[C@H](C)C[C@@H]1CC[C@@H](O)[C@H](C)C1)[C@@H](O)C(C)C(=O)[C@@H](C)C[C@H](C)/C=C/C=O. The number of rotatable bonds is 23. The fraction of sp³-hybridized carbons (Fsp3) is 0.745. The molecule has 0 aromatic rings. The van der Waals surface area contributed by atoms with Crippen LogP contribution in [0.1, 0.15) is 146 Å². The number of carbonyl (C=O) groups excluding carboxylic acids is 7. The zero-order valence-corrected chi connectivity index (χ0v) is 40.2. The molecule has 3 rings (SSSR count). The van der Waals surface area contributed by atoms with E-state index in [1.165, 1.54) is 17.1 Å². The fourth-order valence-corrected chi connectivity index (χ4v) is 9.99. The molecule has 15 atom stereocenters. The number of Topliss-reactive ketones (excluding diaryl/α,β-unsaturated/α-hetero) is 3. The van der Waals surface area contributed by atoms with Crippen molar-refractivity contribution in [1.29, 1.82) is 0 Å². The maximum Gasteiger partial charge on any atom is 0.329 e. The van der Waals surface area contributed by atoms with Crippen LogP contribution in [0.15, 0.2) is 35.5 Å². The van der Waals surface area contributed by atoms with Gasteiger partial charge in [-0.2, -0.15) is 0 Å². The largest absolute Gasteiger partial charge is 0.460 e. The van der Waals surface area contributed by atoms with Gasteiger partial charge in [0.25, 0.3) is 11.7 Å². The van der Waals surface area contributed by atoms with Crippen LogP contribution in [0.5, 0.6) is 0 Å². The summed E-state index contributed by atoms with van der Waals surface area (Å²) in [4.78, 5) is 92.7. The molecule has 2 unspecified atom stereocenters. The number of ether oxygens (including phenoxy) is 2. The van der Waals surface area contributed by atoms with Crippen LogP contribution in [0.4, 0.5) is 0 Å². The van der Waals surface area contributed by atoms with Gasteiger partial charge in [0.05, 0.1) is 18.3 Å². The van der Waals surface area contributed by atoms with E-state index in [4.69, 9.17) is 9.47 Å². The predicted octanol–water partition coefficient (Wildman–Crippen LogP) is 6.87. The maximum atomic E-state index is 14.3. The molecule has 3 fully saturated rings. The van der Waals surface area contributed by atoms with Gasteiger partial charge in [0.1, 0.15) is 36.3 Å². The van der Waals surface area contributed by atoms with Gasteiger partial charge in [-0.15, -0.1) is 0 Å². The summed E-state index contributed by atoms with van der Waals surface area (Å²) < 4.78 is 12.3. The molecule has 1 saturated carbocycles. The highest BCUT2D eigenvalue weighted by Crippen LogP contribution is 2.38. The summed E-state index contributed by atoms with van der Waals surface area (Å²) in [7, 11) is 0. The first-order valence-corrected chi connectivity index (χ1v) is 23.9. The Morgan fingerprint density at radius 1 is 0.875 bits per heavy atom. The number of aliphatic hydroxyl groups excluding tert-OH is 2. The molecule has 1 aliphatic carbocycles. The standard InChI is InChI=1S/C51H79NO12/c1-30(14-13-22-53)24-36(7)46(57)39(10)47(58)37(8)25-33(4)44(56)29-45(35(6)27-40-17-19-43(55)34(5)26-40)63-50(61)42-15-11-12-21-52(42)49(60)48(59)51(62)38(9)16-18-41(64-51)28-32(3)31(2)20-23-54/h13-14,20,22-23,25,30,32-36,38-43,45,47,55,58,62H,11-12,15-19,21,24,26-29H2,1-10H3/b14-13+,31-20+,37-25+/t30-,32+,33-,34-,35-,36+,38-,39?,40-,41+,42+,43-,45?,47-,51-/m1/s1. The Balaban J connectivity index is 1.81. The van der Waals surface area contributed by atoms with Crippen molar-refractivity contribution in [2.75, 3.05) is 6.54 Å². The number of carbonyl (C=O) groups is 7. The number of aliphatic hydroxyl groups is 3. The molecule has 0 bridgehead atoms. The van der Waals surface area contributed by atoms with Crippen LogP contribution < -0.4 is 0 Å². The van der Waals surface area contributed by atoms with Crippen LogP contribution in [0.2, 0.25) is 0 Å². The lowest BCUT2D eigenvalue weighted by Crippen LogP contribution is -2.60. The summed E-state index contributed by atoms with van der Waals surface area (Å²) in [5.74, 6) is -8.25. The van der Waals surface area contributed by atoms with E-state index in [1.807, 2.05) is 34.6 Å². The summed E-state index contributed by atoms with van der Waals surface area (Å²) in [6.45, 7) is 18.2. The van der Waals surface area contributed by atoms with E-state index >= 15 is 0 Å². The molecule has 0 aromatic carbocycles. The number of hydrogen-bond acceptors (Lipinski definition) is 12. The minimum atomic E-state index is -2.41. The monoisotopic (exact) mass is 898 g/mol. The molecule has 0 aromatic heterocycles. The predicted molar refractivity (Wildman–Crippen MR) is 243 cm³/mol. The Morgan fingerprint density at radius 3 is 2.20 bits per heavy atom. The average Bonchev–Trinajstić information content (AvgIpc) is 3.26. The van der Waals surface area contributed by atoms with Crippen LogP contribution in [0.25, 0.3) is 0 Å². The van der Waals surface area contributed by atoms with Gasteiger partial charge in [0.2, 0.25) is 5.79 Å². The molecule has 3 N–H and O–H groups in total. The minimum absolute atomic E-state index is 0.00602. The molecule has 360 valence electrons. The van der Waals surface area contributed by atoms with E-state index in [0.29, 0.717) is 69.5 Å². The van der Waals surface area contributed by atoms with Gasteiger partial charge in [0.15, 0.2) is 0 Å². The van der Waals surface area contributed by atoms with E-state index in [9.17, 15) is 48.9 Å². The van der Waals surface area contributed by atoms with Gasteiger partial charge >= 0.3 is 5.97 Å². The molecular formula is C51H79NO12. The third kappa shape index (κ3) is 14.9. The average molecular weight is 898 g/mol. The maximum absolute atomic E-state index is 14.3. The van der Waals surface area contributed by atoms with Gasteiger partial charge < -0.3 is 29.7 Å². The molecule has 3 aliphatic rings. The fourth-order valence-electron chi connectivity index (χ4n) is 9.99. The summed E-state index contributed by atoms with van der Waals surface area (Å²) >= 11 is 0. The van der Waals surface area contributed by atoms with E-state index in [2.05, 4.69) is 0 Å². The molecule has 2 heterocycles. The Labute approximate surface area is 381 Å². The van der Waals surface area contributed by atoms with E-state index in [1.54, 1.807) is 46.8 Å². The number of nitrogens with zero attached hydrogens (tertiary/aromatic N) is 1. The molecular weight excluding hydrogens is 819 g/mol. The van der Waals surface area contributed by atoms with Gasteiger partial charge in [-0.3, -0.25) is 28.8 Å². The Kier molecular flexibility index (Phi) is 21.6. The summed E-state index contributed by atoms with van der Waals surface area (Å²) in [5.41, 5.74) is 1.29. The molecule has 1 amide bonds. The number of amides is 1. The Bertz CT molecular complexity index is 1720. The van der Waals surface area contributed by atoms with Crippen molar-refractivity contribution < 1.29 is 58.4 Å². The van der Waals surface area contributed by atoms with Crippen molar-refractivity contribution in [3.8, 4) is 0 Å². The summed E-state index contributed by atoms with van der Waals surface area (Å²) in [6.07, 6.45) is 10.7. The van der Waals surface area contributed by atoms with Crippen LogP contribution in [0.3, 0.4) is 0 Å². The number of piperidine rings is 1. The highest BCUT2D eigenvalue weighted by atomic mass is 16.6. The highest BCUT2D eigenvalue weighted by molar-refractivity contribution is 6.39. The van der Waals surface area contributed by atoms with Crippen molar-refractivity contribution in [3.05, 3.63) is 35.5 Å². The van der Waals surface area contributed by atoms with Crippen molar-refractivity contribution in [3.63, 3.8) is 0 Å². The number of allylic oxidation sites excluding steroid dienone is 5. The van der Waals surface area contributed by atoms with Crippen LogP contribution in [-0.4, -0.2) is 105 Å². The van der Waals surface area contributed by atoms with E-state index in [-0.39, 0.29) is 72.6 Å². The number of hydrogen-bond donors (Lipinski definition) is 3. The van der Waals surface area contributed by atoms with Gasteiger partial charge in [-0.05, 0) is 132 Å². The van der Waals surface area contributed by atoms with Crippen molar-refractivity contribution in [1.82, 2.24) is 4.90 Å².